The normalized spacial score (nSPS) is 11.8. The van der Waals surface area contributed by atoms with Crippen LogP contribution < -0.4 is 5.32 Å². The third kappa shape index (κ3) is 3.55. The van der Waals surface area contributed by atoms with Crippen LogP contribution in [0.25, 0.3) is 10.9 Å². The summed E-state index contributed by atoms with van der Waals surface area (Å²) in [6, 6.07) is 15.0. The zero-order valence-electron chi connectivity index (χ0n) is 12.7. The van der Waals surface area contributed by atoms with Crippen LogP contribution in [0, 0.1) is 0 Å². The molecule has 0 unspecified atom stereocenters. The number of fused-ring (bicyclic) bond motifs is 1. The number of carbonyl (C=O) groups is 2. The molecule has 0 spiro atoms. The summed E-state index contributed by atoms with van der Waals surface area (Å²) in [5, 5.41) is 12.8. The van der Waals surface area contributed by atoms with Crippen LogP contribution in [-0.4, -0.2) is 33.0 Å². The van der Waals surface area contributed by atoms with E-state index in [2.05, 4.69) is 15.3 Å². The van der Waals surface area contributed by atoms with E-state index >= 15 is 0 Å². The zero-order valence-corrected chi connectivity index (χ0v) is 12.7. The molecule has 1 atom stereocenters. The van der Waals surface area contributed by atoms with Crippen molar-refractivity contribution in [3.8, 4) is 0 Å². The lowest BCUT2D eigenvalue weighted by molar-refractivity contribution is -0.139. The molecule has 3 aromatic rings. The summed E-state index contributed by atoms with van der Waals surface area (Å²) in [5.41, 5.74) is 1.56. The number of rotatable bonds is 5. The van der Waals surface area contributed by atoms with Gasteiger partial charge in [0.15, 0.2) is 0 Å². The average Bonchev–Trinajstić information content (AvgIpc) is 2.61. The van der Waals surface area contributed by atoms with Crippen LogP contribution in [0.2, 0.25) is 0 Å². The number of amides is 1. The number of pyridine rings is 2. The Morgan fingerprint density at radius 3 is 2.58 bits per heavy atom. The third-order valence-corrected chi connectivity index (χ3v) is 3.57. The number of aliphatic carboxylic acids is 1. The fraction of sp³-hybridized carbons (Fsp3) is 0.111. The van der Waals surface area contributed by atoms with Gasteiger partial charge in [-0.15, -0.1) is 0 Å². The van der Waals surface area contributed by atoms with Gasteiger partial charge in [-0.3, -0.25) is 14.8 Å². The van der Waals surface area contributed by atoms with E-state index in [9.17, 15) is 14.7 Å². The van der Waals surface area contributed by atoms with Gasteiger partial charge < -0.3 is 10.4 Å². The molecule has 2 aromatic heterocycles. The van der Waals surface area contributed by atoms with Crippen molar-refractivity contribution in [2.75, 3.05) is 0 Å². The largest absolute Gasteiger partial charge is 0.480 e. The van der Waals surface area contributed by atoms with Gasteiger partial charge in [-0.25, -0.2) is 4.79 Å². The van der Waals surface area contributed by atoms with Crippen LogP contribution >= 0.6 is 0 Å². The summed E-state index contributed by atoms with van der Waals surface area (Å²) in [5.74, 6) is -1.64. The molecule has 0 radical (unpaired) electrons. The van der Waals surface area contributed by atoms with E-state index < -0.39 is 17.9 Å². The molecular formula is C18H15N3O3. The molecule has 1 aromatic carbocycles. The summed E-state index contributed by atoms with van der Waals surface area (Å²) < 4.78 is 0. The van der Waals surface area contributed by atoms with Crippen LogP contribution in [0.1, 0.15) is 16.2 Å². The highest BCUT2D eigenvalue weighted by atomic mass is 16.4. The molecule has 2 heterocycles. The second-order valence-electron chi connectivity index (χ2n) is 5.28. The number of hydrogen-bond acceptors (Lipinski definition) is 4. The molecule has 0 aliphatic heterocycles. The van der Waals surface area contributed by atoms with Crippen LogP contribution in [0.15, 0.2) is 60.8 Å². The number of para-hydroxylation sites is 1. The molecule has 24 heavy (non-hydrogen) atoms. The minimum atomic E-state index is -1.12. The summed E-state index contributed by atoms with van der Waals surface area (Å²) in [6.07, 6.45) is 1.58. The standard InChI is InChI=1S/C18H15N3O3/c22-17(15-7-3-4-10-19-15)21-16(18(23)24)11-13-9-8-12-5-1-2-6-14(12)20-13/h1-10,16H,11H2,(H,21,22)(H,23,24)/t16-/m1/s1. The van der Waals surface area contributed by atoms with Crippen molar-refractivity contribution >= 4 is 22.8 Å². The lowest BCUT2D eigenvalue weighted by Gasteiger charge is -2.14. The Morgan fingerprint density at radius 2 is 1.83 bits per heavy atom. The number of carboxylic acids is 1. The maximum absolute atomic E-state index is 12.1. The van der Waals surface area contributed by atoms with Crippen molar-refractivity contribution in [2.24, 2.45) is 0 Å². The molecule has 2 N–H and O–H groups in total. The highest BCUT2D eigenvalue weighted by molar-refractivity contribution is 5.95. The molecule has 0 fully saturated rings. The zero-order chi connectivity index (χ0) is 16.9. The molecule has 3 rings (SSSR count). The number of carbonyl (C=O) groups excluding carboxylic acids is 1. The van der Waals surface area contributed by atoms with Gasteiger partial charge in [0.1, 0.15) is 11.7 Å². The molecule has 6 nitrogen and oxygen atoms in total. The predicted octanol–water partition coefficient (Wildman–Crippen LogP) is 2.06. The number of carboxylic acid groups (broad SMARTS) is 1. The van der Waals surface area contributed by atoms with E-state index in [0.717, 1.165) is 10.9 Å². The Labute approximate surface area is 138 Å². The van der Waals surface area contributed by atoms with Crippen molar-refractivity contribution in [2.45, 2.75) is 12.5 Å². The van der Waals surface area contributed by atoms with Gasteiger partial charge in [0.2, 0.25) is 0 Å². The molecule has 6 heteroatoms. The lowest BCUT2D eigenvalue weighted by atomic mass is 10.1. The topological polar surface area (TPSA) is 92.2 Å². The molecule has 1 amide bonds. The van der Waals surface area contributed by atoms with Crippen molar-refractivity contribution in [1.29, 1.82) is 0 Å². The summed E-state index contributed by atoms with van der Waals surface area (Å²) in [6.45, 7) is 0. The van der Waals surface area contributed by atoms with E-state index in [1.54, 1.807) is 18.2 Å². The SMILES string of the molecule is O=C(N[C@H](Cc1ccc2ccccc2n1)C(=O)O)c1ccccn1. The Hall–Kier alpha value is -3.28. The van der Waals surface area contributed by atoms with Gasteiger partial charge in [0, 0.05) is 23.7 Å². The first-order valence-corrected chi connectivity index (χ1v) is 7.43. The second kappa shape index (κ2) is 6.87. The summed E-state index contributed by atoms with van der Waals surface area (Å²) >= 11 is 0. The minimum absolute atomic E-state index is 0.0960. The average molecular weight is 321 g/mol. The van der Waals surface area contributed by atoms with Gasteiger partial charge >= 0.3 is 5.97 Å². The lowest BCUT2D eigenvalue weighted by Crippen LogP contribution is -2.42. The maximum Gasteiger partial charge on any atom is 0.326 e. The number of aromatic nitrogens is 2. The maximum atomic E-state index is 12.1. The quantitative estimate of drug-likeness (QED) is 0.750. The molecule has 0 aliphatic rings. The van der Waals surface area contributed by atoms with E-state index in [0.29, 0.717) is 5.69 Å². The van der Waals surface area contributed by atoms with Crippen LogP contribution in [0.4, 0.5) is 0 Å². The van der Waals surface area contributed by atoms with Crippen LogP contribution in [-0.2, 0) is 11.2 Å². The summed E-state index contributed by atoms with van der Waals surface area (Å²) in [7, 11) is 0. The van der Waals surface area contributed by atoms with Gasteiger partial charge in [0.05, 0.1) is 5.52 Å². The van der Waals surface area contributed by atoms with Crippen LogP contribution in [0.3, 0.4) is 0 Å². The van der Waals surface area contributed by atoms with Gasteiger partial charge in [-0.2, -0.15) is 0 Å². The van der Waals surface area contributed by atoms with Crippen molar-refractivity contribution in [1.82, 2.24) is 15.3 Å². The molecule has 120 valence electrons. The molecule has 0 saturated carbocycles. The number of benzene rings is 1. The van der Waals surface area contributed by atoms with Crippen molar-refractivity contribution in [3.05, 3.63) is 72.2 Å². The van der Waals surface area contributed by atoms with Gasteiger partial charge in [-0.05, 0) is 24.3 Å². The predicted molar refractivity (Wildman–Crippen MR) is 88.6 cm³/mol. The minimum Gasteiger partial charge on any atom is -0.480 e. The fourth-order valence-corrected chi connectivity index (χ4v) is 2.36. The Morgan fingerprint density at radius 1 is 1.04 bits per heavy atom. The number of hydrogen-bond donors (Lipinski definition) is 2. The highest BCUT2D eigenvalue weighted by Gasteiger charge is 2.22. The van der Waals surface area contributed by atoms with Gasteiger partial charge in [0.25, 0.3) is 5.91 Å². The van der Waals surface area contributed by atoms with Crippen molar-refractivity contribution in [3.63, 3.8) is 0 Å². The van der Waals surface area contributed by atoms with E-state index in [-0.39, 0.29) is 12.1 Å². The highest BCUT2D eigenvalue weighted by Crippen LogP contribution is 2.13. The number of nitrogens with zero attached hydrogens (tertiary/aromatic N) is 2. The molecule has 0 bridgehead atoms. The Kier molecular flexibility index (Phi) is 4.47. The van der Waals surface area contributed by atoms with Gasteiger partial charge in [-0.1, -0.05) is 30.3 Å². The van der Waals surface area contributed by atoms with E-state index in [4.69, 9.17) is 0 Å². The molecule has 0 aliphatic carbocycles. The van der Waals surface area contributed by atoms with Crippen molar-refractivity contribution < 1.29 is 14.7 Å². The second-order valence-corrected chi connectivity index (χ2v) is 5.28. The molecule has 0 saturated heterocycles. The van der Waals surface area contributed by atoms with E-state index in [1.165, 1.54) is 12.3 Å². The Bertz CT molecular complexity index is 881. The first-order chi connectivity index (χ1) is 11.6. The molecular weight excluding hydrogens is 306 g/mol. The smallest absolute Gasteiger partial charge is 0.326 e. The van der Waals surface area contributed by atoms with Crippen LogP contribution in [0.5, 0.6) is 0 Å². The number of nitrogens with one attached hydrogen (secondary N) is 1. The van der Waals surface area contributed by atoms with E-state index in [1.807, 2.05) is 30.3 Å². The first kappa shape index (κ1) is 15.6. The summed E-state index contributed by atoms with van der Waals surface area (Å²) in [4.78, 5) is 31.9. The first-order valence-electron chi connectivity index (χ1n) is 7.43. The third-order valence-electron chi connectivity index (χ3n) is 3.57. The Balaban J connectivity index is 1.78. The monoisotopic (exact) mass is 321 g/mol. The fourth-order valence-electron chi connectivity index (χ4n) is 2.36.